The molecule has 7 N–H and O–H groups in total. The van der Waals surface area contributed by atoms with Crippen molar-refractivity contribution in [3.05, 3.63) is 119 Å². The standard InChI is InChI=1S/C51H62N10O8/c1-34(55-47(64)37-11-6-12-38(30-37)59-51(20-24-60(2)25-21-51)50(53)58-46(52)35-18-22-54-23-19-35)36-10-7-13-39(31-36)69-29-5-3-4-26-67-27-9-28-68-33-45(63)56-42-15-8-14-40-41(42)32-61(49(40)66)43-16-17-44(62)57-48(43)65/h6-8,10-15,18-19,22-23,30-31,34,43,59H,3-5,9,16-17,20-21,24-29,32-33H2,1-2H3,(H,55,64)(H,56,63)(H3,52,53,58)(H,57,62,65)/t34-,43?/m1/s1. The average molecular weight is 943 g/mol. The Morgan fingerprint density at radius 1 is 0.870 bits per heavy atom. The van der Waals surface area contributed by atoms with E-state index >= 15 is 0 Å². The molecule has 364 valence electrons. The number of aromatic nitrogens is 1. The van der Waals surface area contributed by atoms with Gasteiger partial charge in [-0.15, -0.1) is 0 Å². The molecule has 2 saturated heterocycles. The van der Waals surface area contributed by atoms with Crippen LogP contribution in [0, 0.1) is 10.8 Å². The minimum absolute atomic E-state index is 0.126. The van der Waals surface area contributed by atoms with Crippen LogP contribution in [0.25, 0.3) is 0 Å². The van der Waals surface area contributed by atoms with Crippen molar-refractivity contribution >= 4 is 52.6 Å². The first kappa shape index (κ1) is 49.9. The second-order valence-corrected chi connectivity index (χ2v) is 17.7. The quantitative estimate of drug-likeness (QED) is 0.0227. The smallest absolute Gasteiger partial charge is 0.255 e. The van der Waals surface area contributed by atoms with Gasteiger partial charge in [0.25, 0.3) is 11.8 Å². The number of likely N-dealkylation sites (tertiary alicyclic amines) is 1. The van der Waals surface area contributed by atoms with E-state index in [0.29, 0.717) is 79.3 Å². The molecule has 18 nitrogen and oxygen atoms in total. The molecule has 1 unspecified atom stereocenters. The molecule has 18 heteroatoms. The highest BCUT2D eigenvalue weighted by Crippen LogP contribution is 2.33. The monoisotopic (exact) mass is 942 g/mol. The number of ether oxygens (including phenoxy) is 3. The molecule has 2 fully saturated rings. The Balaban J connectivity index is 0.760. The second kappa shape index (κ2) is 23.8. The lowest BCUT2D eigenvalue weighted by Gasteiger charge is -2.42. The molecule has 4 aromatic rings. The zero-order valence-electron chi connectivity index (χ0n) is 39.2. The number of imide groups is 1. The Morgan fingerprint density at radius 2 is 1.61 bits per heavy atom. The molecule has 69 heavy (non-hydrogen) atoms. The number of rotatable bonds is 22. The summed E-state index contributed by atoms with van der Waals surface area (Å²) in [6, 6.07) is 22.5. The molecule has 0 saturated carbocycles. The number of pyridine rings is 1. The van der Waals surface area contributed by atoms with Gasteiger partial charge in [-0.1, -0.05) is 24.3 Å². The summed E-state index contributed by atoms with van der Waals surface area (Å²) in [5.74, 6) is -0.673. The molecule has 1 aromatic heterocycles. The van der Waals surface area contributed by atoms with E-state index in [0.717, 1.165) is 43.7 Å². The number of hydrogen-bond donors (Lipinski definition) is 7. The number of amidine groups is 2. The maximum Gasteiger partial charge on any atom is 0.255 e. The maximum absolute atomic E-state index is 13.6. The van der Waals surface area contributed by atoms with Crippen LogP contribution in [0.15, 0.2) is 91.3 Å². The van der Waals surface area contributed by atoms with Crippen LogP contribution in [0.5, 0.6) is 5.75 Å². The topological polar surface area (TPSA) is 240 Å². The Kier molecular flexibility index (Phi) is 17.2. The molecular weight excluding hydrogens is 881 g/mol. The number of carbonyl (C=O) groups excluding carboxylic acids is 5. The zero-order chi connectivity index (χ0) is 48.8. The number of anilines is 2. The summed E-state index contributed by atoms with van der Waals surface area (Å²) in [6.45, 7) is 5.44. The fourth-order valence-electron chi connectivity index (χ4n) is 8.62. The molecule has 3 aliphatic heterocycles. The van der Waals surface area contributed by atoms with Crippen molar-refractivity contribution in [3.63, 3.8) is 0 Å². The summed E-state index contributed by atoms with van der Waals surface area (Å²) in [5.41, 5.74) is 3.54. The number of unbranched alkanes of at least 4 members (excludes halogenated alkanes) is 2. The van der Waals surface area contributed by atoms with Crippen molar-refractivity contribution in [1.82, 2.24) is 30.7 Å². The van der Waals surface area contributed by atoms with Crippen LogP contribution in [0.2, 0.25) is 0 Å². The van der Waals surface area contributed by atoms with Crippen LogP contribution in [-0.4, -0.2) is 121 Å². The summed E-state index contributed by atoms with van der Waals surface area (Å²) < 4.78 is 17.4. The summed E-state index contributed by atoms with van der Waals surface area (Å²) in [4.78, 5) is 71.0. The number of amides is 5. The van der Waals surface area contributed by atoms with Gasteiger partial charge in [-0.2, -0.15) is 0 Å². The minimum Gasteiger partial charge on any atom is -0.494 e. The maximum atomic E-state index is 13.6. The van der Waals surface area contributed by atoms with Gasteiger partial charge in [-0.05, 0) is 119 Å². The Labute approximate surface area is 402 Å². The van der Waals surface area contributed by atoms with Gasteiger partial charge in [-0.25, -0.2) is 0 Å². The van der Waals surface area contributed by atoms with Crippen molar-refractivity contribution in [1.29, 1.82) is 10.8 Å². The van der Waals surface area contributed by atoms with Crippen LogP contribution in [-0.2, 0) is 30.4 Å². The highest BCUT2D eigenvalue weighted by molar-refractivity contribution is 6.10. The van der Waals surface area contributed by atoms with Crippen molar-refractivity contribution in [2.45, 2.75) is 82.5 Å². The van der Waals surface area contributed by atoms with Crippen molar-refractivity contribution < 1.29 is 38.2 Å². The van der Waals surface area contributed by atoms with Crippen molar-refractivity contribution in [2.75, 3.05) is 63.8 Å². The van der Waals surface area contributed by atoms with Crippen LogP contribution in [0.4, 0.5) is 11.4 Å². The van der Waals surface area contributed by atoms with Gasteiger partial charge in [-0.3, -0.25) is 45.1 Å². The van der Waals surface area contributed by atoms with E-state index in [1.54, 1.807) is 54.9 Å². The molecule has 4 heterocycles. The van der Waals surface area contributed by atoms with E-state index in [4.69, 9.17) is 25.0 Å². The number of fused-ring (bicyclic) bond motifs is 1. The molecule has 3 aliphatic rings. The third-order valence-corrected chi connectivity index (χ3v) is 12.6. The van der Waals surface area contributed by atoms with Gasteiger partial charge in [0.15, 0.2) is 0 Å². The molecule has 3 aromatic carbocycles. The molecule has 0 spiro atoms. The first-order valence-electron chi connectivity index (χ1n) is 23.6. The SMILES string of the molecule is C[C@@H](NC(=O)c1cccc(NC2(C(=N)NC(=N)c3ccncc3)CCN(C)CC2)c1)c1cccc(OCCCCCOCCCOCC(=O)Nc2cccc3c2CN(C2CCC(=O)NC2=O)C3=O)c1. The van der Waals surface area contributed by atoms with E-state index in [9.17, 15) is 24.0 Å². The van der Waals surface area contributed by atoms with Gasteiger partial charge in [0.05, 0.1) is 18.2 Å². The Hall–Kier alpha value is -7.02. The molecular formula is C51H62N10O8. The summed E-state index contributed by atoms with van der Waals surface area (Å²) in [5, 5.41) is 32.5. The molecule has 0 bridgehead atoms. The number of piperidine rings is 2. The molecule has 7 rings (SSSR count). The predicted octanol–water partition coefficient (Wildman–Crippen LogP) is 5.41. The van der Waals surface area contributed by atoms with E-state index in [1.165, 1.54) is 4.90 Å². The lowest BCUT2D eigenvalue weighted by Crippen LogP contribution is -2.58. The highest BCUT2D eigenvalue weighted by atomic mass is 16.5. The summed E-state index contributed by atoms with van der Waals surface area (Å²) in [6.07, 6.45) is 8.21. The largest absolute Gasteiger partial charge is 0.494 e. The van der Waals surface area contributed by atoms with E-state index in [-0.39, 0.29) is 67.3 Å². The molecule has 0 radical (unpaired) electrons. The van der Waals surface area contributed by atoms with Crippen LogP contribution >= 0.6 is 0 Å². The third kappa shape index (κ3) is 13.4. The van der Waals surface area contributed by atoms with E-state index in [1.807, 2.05) is 43.3 Å². The summed E-state index contributed by atoms with van der Waals surface area (Å²) in [7, 11) is 2.05. The van der Waals surface area contributed by atoms with Gasteiger partial charge < -0.3 is 45.3 Å². The minimum atomic E-state index is -0.753. The predicted molar refractivity (Wildman–Crippen MR) is 260 cm³/mol. The second-order valence-electron chi connectivity index (χ2n) is 17.7. The fraction of sp³-hybridized carbons (Fsp3) is 0.412. The van der Waals surface area contributed by atoms with Gasteiger partial charge in [0.2, 0.25) is 17.7 Å². The normalized spacial score (nSPS) is 17.0. The van der Waals surface area contributed by atoms with Crippen LogP contribution in [0.1, 0.15) is 102 Å². The number of nitrogens with zero attached hydrogens (tertiary/aromatic N) is 3. The van der Waals surface area contributed by atoms with E-state index < -0.39 is 17.5 Å². The highest BCUT2D eigenvalue weighted by Gasteiger charge is 2.41. The van der Waals surface area contributed by atoms with Gasteiger partial charge in [0, 0.05) is 91.9 Å². The Morgan fingerprint density at radius 3 is 2.41 bits per heavy atom. The summed E-state index contributed by atoms with van der Waals surface area (Å²) >= 11 is 0. The number of carbonyl (C=O) groups is 5. The van der Waals surface area contributed by atoms with Crippen molar-refractivity contribution in [2.24, 2.45) is 0 Å². The number of nitrogens with one attached hydrogen (secondary N) is 7. The first-order valence-corrected chi connectivity index (χ1v) is 23.6. The average Bonchev–Trinajstić information content (AvgIpc) is 3.69. The first-order chi connectivity index (χ1) is 33.4. The zero-order valence-corrected chi connectivity index (χ0v) is 39.2. The molecule has 2 atom stereocenters. The lowest BCUT2D eigenvalue weighted by atomic mass is 9.85. The van der Waals surface area contributed by atoms with Crippen molar-refractivity contribution in [3.8, 4) is 5.75 Å². The van der Waals surface area contributed by atoms with Crippen LogP contribution < -0.4 is 31.3 Å². The molecule has 0 aliphatic carbocycles. The van der Waals surface area contributed by atoms with Crippen LogP contribution in [0.3, 0.4) is 0 Å². The Bertz CT molecular complexity index is 2500. The van der Waals surface area contributed by atoms with Gasteiger partial charge >= 0.3 is 0 Å². The number of benzene rings is 3. The van der Waals surface area contributed by atoms with E-state index in [2.05, 4.69) is 43.5 Å². The lowest BCUT2D eigenvalue weighted by molar-refractivity contribution is -0.137. The molecule has 5 amide bonds. The fourth-order valence-corrected chi connectivity index (χ4v) is 8.62. The van der Waals surface area contributed by atoms with Gasteiger partial charge in [0.1, 0.15) is 30.1 Å². The number of hydrogen-bond acceptors (Lipinski definition) is 13. The third-order valence-electron chi connectivity index (χ3n) is 12.6.